The third-order valence-electron chi connectivity index (χ3n) is 3.99. The van der Waals surface area contributed by atoms with E-state index in [1.165, 1.54) is 0 Å². The molecule has 2 rings (SSSR count). The summed E-state index contributed by atoms with van der Waals surface area (Å²) in [6, 6.07) is 4.95. The third kappa shape index (κ3) is 2.47. The molecular formula is C13H22N2O. The summed E-state index contributed by atoms with van der Waals surface area (Å²) in [4.78, 5) is 2.52. The Bertz CT molecular complexity index is 310. The number of likely N-dealkylation sites (tertiary alicyclic amines) is 1. The van der Waals surface area contributed by atoms with Gasteiger partial charge in [0.25, 0.3) is 0 Å². The fourth-order valence-electron chi connectivity index (χ4n) is 2.50. The van der Waals surface area contributed by atoms with Crippen LogP contribution in [-0.2, 0) is 6.42 Å². The van der Waals surface area contributed by atoms with Crippen LogP contribution < -0.4 is 5.73 Å². The lowest BCUT2D eigenvalue weighted by Crippen LogP contribution is -2.52. The number of furan rings is 1. The number of hydrogen-bond acceptors (Lipinski definition) is 3. The molecule has 3 unspecified atom stereocenters. The van der Waals surface area contributed by atoms with Gasteiger partial charge >= 0.3 is 0 Å². The number of nitrogens with two attached hydrogens (primary N) is 1. The maximum Gasteiger partial charge on any atom is 0.105 e. The molecule has 90 valence electrons. The fraction of sp³-hybridized carbons (Fsp3) is 0.692. The Morgan fingerprint density at radius 1 is 1.50 bits per heavy atom. The molecule has 1 aliphatic heterocycles. The van der Waals surface area contributed by atoms with Crippen LogP contribution in [0.1, 0.15) is 26.0 Å². The summed E-state index contributed by atoms with van der Waals surface area (Å²) in [7, 11) is 0. The van der Waals surface area contributed by atoms with Crippen LogP contribution in [-0.4, -0.2) is 30.1 Å². The van der Waals surface area contributed by atoms with Crippen molar-refractivity contribution in [2.24, 2.45) is 11.7 Å². The van der Waals surface area contributed by atoms with Crippen LogP contribution in [0.3, 0.4) is 0 Å². The predicted molar refractivity (Wildman–Crippen MR) is 65.2 cm³/mol. The van der Waals surface area contributed by atoms with E-state index in [1.54, 1.807) is 6.26 Å². The van der Waals surface area contributed by atoms with Crippen LogP contribution in [0.2, 0.25) is 0 Å². The molecule has 0 aliphatic carbocycles. The maximum absolute atomic E-state index is 6.08. The second-order valence-electron chi connectivity index (χ2n) is 4.92. The minimum Gasteiger partial charge on any atom is -0.469 e. The molecule has 0 saturated carbocycles. The van der Waals surface area contributed by atoms with Crippen molar-refractivity contribution < 1.29 is 4.42 Å². The summed E-state index contributed by atoms with van der Waals surface area (Å²) in [6.07, 6.45) is 3.86. The monoisotopic (exact) mass is 222 g/mol. The Morgan fingerprint density at radius 3 is 3.00 bits per heavy atom. The van der Waals surface area contributed by atoms with Crippen molar-refractivity contribution in [3.8, 4) is 0 Å². The Hall–Kier alpha value is -0.800. The van der Waals surface area contributed by atoms with E-state index in [2.05, 4.69) is 18.7 Å². The van der Waals surface area contributed by atoms with Crippen LogP contribution >= 0.6 is 0 Å². The molecule has 1 saturated heterocycles. The van der Waals surface area contributed by atoms with Crippen LogP contribution in [0.4, 0.5) is 0 Å². The van der Waals surface area contributed by atoms with Crippen molar-refractivity contribution in [1.29, 1.82) is 0 Å². The predicted octanol–water partition coefficient (Wildman–Crippen LogP) is 1.88. The Kier molecular flexibility index (Phi) is 3.66. The molecule has 1 fully saturated rings. The largest absolute Gasteiger partial charge is 0.469 e. The SMILES string of the molecule is CC1C(N)CCN(CCc2ccco2)C1C. The summed E-state index contributed by atoms with van der Waals surface area (Å²) in [6.45, 7) is 6.74. The topological polar surface area (TPSA) is 42.4 Å². The molecular weight excluding hydrogens is 200 g/mol. The number of hydrogen-bond donors (Lipinski definition) is 1. The Balaban J connectivity index is 1.86. The molecule has 0 amide bonds. The van der Waals surface area contributed by atoms with Crippen LogP contribution in [0.5, 0.6) is 0 Å². The van der Waals surface area contributed by atoms with Gasteiger partial charge in [-0.15, -0.1) is 0 Å². The highest BCUT2D eigenvalue weighted by molar-refractivity contribution is 4.99. The zero-order valence-electron chi connectivity index (χ0n) is 10.2. The highest BCUT2D eigenvalue weighted by Gasteiger charge is 2.29. The van der Waals surface area contributed by atoms with Crippen molar-refractivity contribution in [2.45, 2.75) is 38.8 Å². The average molecular weight is 222 g/mol. The molecule has 3 atom stereocenters. The van der Waals surface area contributed by atoms with E-state index in [9.17, 15) is 0 Å². The number of nitrogens with zero attached hydrogens (tertiary/aromatic N) is 1. The van der Waals surface area contributed by atoms with Crippen LogP contribution in [0.25, 0.3) is 0 Å². The fourth-order valence-corrected chi connectivity index (χ4v) is 2.50. The van der Waals surface area contributed by atoms with Crippen molar-refractivity contribution in [1.82, 2.24) is 4.90 Å². The number of rotatable bonds is 3. The van der Waals surface area contributed by atoms with Crippen molar-refractivity contribution >= 4 is 0 Å². The smallest absolute Gasteiger partial charge is 0.105 e. The van der Waals surface area contributed by atoms with Gasteiger partial charge < -0.3 is 10.2 Å². The molecule has 3 heteroatoms. The standard InChI is InChI=1S/C13H22N2O/c1-10-11(2)15(8-6-13(10)14)7-5-12-4-3-9-16-12/h3-4,9-11,13H,5-8,14H2,1-2H3. The molecule has 0 aromatic carbocycles. The Labute approximate surface area is 97.6 Å². The number of piperidine rings is 1. The van der Waals surface area contributed by atoms with Crippen LogP contribution in [0.15, 0.2) is 22.8 Å². The molecule has 2 N–H and O–H groups in total. The maximum atomic E-state index is 6.08. The van der Waals surface area contributed by atoms with Crippen molar-refractivity contribution in [2.75, 3.05) is 13.1 Å². The van der Waals surface area contributed by atoms with Gasteiger partial charge in [-0.2, -0.15) is 0 Å². The second kappa shape index (κ2) is 5.02. The van der Waals surface area contributed by atoms with Gasteiger partial charge in [-0.05, 0) is 37.9 Å². The molecule has 2 heterocycles. The highest BCUT2D eigenvalue weighted by Crippen LogP contribution is 2.22. The molecule has 0 radical (unpaired) electrons. The highest BCUT2D eigenvalue weighted by atomic mass is 16.3. The van der Waals surface area contributed by atoms with Gasteiger partial charge in [-0.1, -0.05) is 6.92 Å². The molecule has 16 heavy (non-hydrogen) atoms. The first-order valence-corrected chi connectivity index (χ1v) is 6.20. The molecule has 0 bridgehead atoms. The van der Waals surface area contributed by atoms with E-state index in [-0.39, 0.29) is 0 Å². The molecule has 0 spiro atoms. The molecule has 3 nitrogen and oxygen atoms in total. The first-order valence-electron chi connectivity index (χ1n) is 6.20. The van der Waals surface area contributed by atoms with Gasteiger partial charge in [0.2, 0.25) is 0 Å². The van der Waals surface area contributed by atoms with Gasteiger partial charge in [-0.25, -0.2) is 0 Å². The van der Waals surface area contributed by atoms with Gasteiger partial charge in [0, 0.05) is 25.0 Å². The Morgan fingerprint density at radius 2 is 2.31 bits per heavy atom. The summed E-state index contributed by atoms with van der Waals surface area (Å²) in [5.74, 6) is 1.67. The van der Waals surface area contributed by atoms with Crippen molar-refractivity contribution in [3.05, 3.63) is 24.2 Å². The summed E-state index contributed by atoms with van der Waals surface area (Å²) in [5, 5.41) is 0. The first-order chi connectivity index (χ1) is 7.68. The second-order valence-corrected chi connectivity index (χ2v) is 4.92. The third-order valence-corrected chi connectivity index (χ3v) is 3.99. The van der Waals surface area contributed by atoms with E-state index >= 15 is 0 Å². The van der Waals surface area contributed by atoms with Crippen LogP contribution in [0, 0.1) is 5.92 Å². The van der Waals surface area contributed by atoms with E-state index < -0.39 is 0 Å². The first kappa shape index (κ1) is 11.7. The lowest BCUT2D eigenvalue weighted by atomic mass is 9.87. The minimum absolute atomic E-state index is 0.370. The molecule has 1 aromatic heterocycles. The summed E-state index contributed by atoms with van der Waals surface area (Å²) < 4.78 is 5.36. The van der Waals surface area contributed by atoms with E-state index in [0.29, 0.717) is 18.0 Å². The lowest BCUT2D eigenvalue weighted by Gasteiger charge is -2.41. The zero-order chi connectivity index (χ0) is 11.5. The van der Waals surface area contributed by atoms with Gasteiger partial charge in [0.05, 0.1) is 6.26 Å². The van der Waals surface area contributed by atoms with Gasteiger partial charge in [0.1, 0.15) is 5.76 Å². The molecule has 1 aliphatic rings. The van der Waals surface area contributed by atoms with E-state index in [1.807, 2.05) is 12.1 Å². The molecule has 1 aromatic rings. The van der Waals surface area contributed by atoms with Gasteiger partial charge in [-0.3, -0.25) is 4.90 Å². The van der Waals surface area contributed by atoms with Gasteiger partial charge in [0.15, 0.2) is 0 Å². The normalized spacial score (nSPS) is 31.8. The van der Waals surface area contributed by atoms with E-state index in [4.69, 9.17) is 10.2 Å². The van der Waals surface area contributed by atoms with E-state index in [0.717, 1.165) is 31.7 Å². The van der Waals surface area contributed by atoms with Crippen molar-refractivity contribution in [3.63, 3.8) is 0 Å². The summed E-state index contributed by atoms with van der Waals surface area (Å²) >= 11 is 0. The lowest BCUT2D eigenvalue weighted by molar-refractivity contribution is 0.0978. The minimum atomic E-state index is 0.370. The quantitative estimate of drug-likeness (QED) is 0.849. The zero-order valence-corrected chi connectivity index (χ0v) is 10.2. The average Bonchev–Trinajstić information content (AvgIpc) is 2.78. The summed E-state index contributed by atoms with van der Waals surface area (Å²) in [5.41, 5.74) is 6.08.